The molecule has 2 aromatic carbocycles. The minimum absolute atomic E-state index is 0. The van der Waals surface area contributed by atoms with Gasteiger partial charge in [-0.05, 0) is 117 Å². The Morgan fingerprint density at radius 1 is 0.540 bits per heavy atom. The Hall–Kier alpha value is -4.04. The van der Waals surface area contributed by atoms with Crippen molar-refractivity contribution in [1.82, 2.24) is 39.2 Å². The number of hydrogen-bond acceptors (Lipinski definition) is 14. The number of anilines is 2. The number of halogens is 5. The van der Waals surface area contributed by atoms with Gasteiger partial charge in [-0.1, -0.05) is 115 Å². The summed E-state index contributed by atoms with van der Waals surface area (Å²) in [6.07, 6.45) is 7.00. The summed E-state index contributed by atoms with van der Waals surface area (Å²) >= 11 is 15.0. The molecule has 0 spiro atoms. The highest BCUT2D eigenvalue weighted by Crippen LogP contribution is 2.37. The van der Waals surface area contributed by atoms with Gasteiger partial charge in [0.05, 0.1) is 38.2 Å². The second-order valence-electron chi connectivity index (χ2n) is 27.6. The summed E-state index contributed by atoms with van der Waals surface area (Å²) in [5.41, 5.74) is 4.36. The smallest absolute Gasteiger partial charge is 0.399 e. The number of fused-ring (bicyclic) bond motifs is 4. The van der Waals surface area contributed by atoms with Crippen molar-refractivity contribution in [1.29, 1.82) is 0 Å². The average molecular weight is 1420 g/mol. The number of benzene rings is 2. The monoisotopic (exact) mass is 1420 g/mol. The molecule has 0 aliphatic carbocycles. The lowest BCUT2D eigenvalue weighted by Gasteiger charge is -2.32. The second-order valence-corrected chi connectivity index (χ2v) is 52.0. The minimum atomic E-state index is -1.22. The average Bonchev–Trinajstić information content (AvgIpc) is 1.74. The van der Waals surface area contributed by atoms with E-state index in [-0.39, 0.29) is 19.1 Å². The fraction of sp³-hybridized carbons (Fsp3) is 0.508. The summed E-state index contributed by atoms with van der Waals surface area (Å²) in [4.78, 5) is 21.8. The largest absolute Gasteiger partial charge is 0.496 e. The van der Waals surface area contributed by atoms with Crippen LogP contribution in [-0.4, -0.2) is 143 Å². The summed E-state index contributed by atoms with van der Waals surface area (Å²) < 4.78 is 67.8. The molecule has 0 bridgehead atoms. The topological polar surface area (TPSA) is 148 Å². The van der Waals surface area contributed by atoms with Crippen molar-refractivity contribution in [3.05, 3.63) is 111 Å². The zero-order chi connectivity index (χ0) is 63.0. The van der Waals surface area contributed by atoms with Crippen LogP contribution in [0, 0.1) is 15.2 Å². The first kappa shape index (κ1) is 72.0. The Labute approximate surface area is 542 Å². The quantitative estimate of drug-likeness (QED) is 0.0186. The third kappa shape index (κ3) is 21.3. The second kappa shape index (κ2) is 30.4. The van der Waals surface area contributed by atoms with Crippen LogP contribution in [0.15, 0.2) is 85.5 Å². The number of nitrogens with zero attached hydrogens (tertiary/aromatic N) is 10. The zero-order valence-electron chi connectivity index (χ0n) is 53.0. The molecule has 6 aromatic heterocycles. The summed E-state index contributed by atoms with van der Waals surface area (Å²) in [6, 6.07) is 20.9. The Balaban J connectivity index is 0.000000218. The van der Waals surface area contributed by atoms with E-state index in [9.17, 15) is 8.78 Å². The van der Waals surface area contributed by atoms with E-state index in [1.54, 1.807) is 52.0 Å². The van der Waals surface area contributed by atoms with Crippen LogP contribution >= 0.6 is 45.8 Å². The van der Waals surface area contributed by atoms with Crippen LogP contribution in [0.5, 0.6) is 0 Å². The van der Waals surface area contributed by atoms with Crippen molar-refractivity contribution in [3.8, 4) is 11.1 Å². The molecule has 0 N–H and O–H groups in total. The van der Waals surface area contributed by atoms with E-state index in [0.717, 1.165) is 91.3 Å². The van der Waals surface area contributed by atoms with Gasteiger partial charge in [0.2, 0.25) is 0 Å². The van der Waals surface area contributed by atoms with E-state index >= 15 is 0 Å². The van der Waals surface area contributed by atoms with Crippen LogP contribution in [0.4, 0.5) is 20.4 Å². The molecule has 9 rings (SSSR count). The fourth-order valence-electron chi connectivity index (χ4n) is 8.49. The molecule has 0 unspecified atom stereocenters. The van der Waals surface area contributed by atoms with Gasteiger partial charge in [0.15, 0.2) is 11.3 Å². The van der Waals surface area contributed by atoms with E-state index in [2.05, 4.69) is 131 Å². The molecule has 1 aliphatic rings. The van der Waals surface area contributed by atoms with Gasteiger partial charge in [0.1, 0.15) is 60.5 Å². The van der Waals surface area contributed by atoms with E-state index in [4.69, 9.17) is 51.5 Å². The molecular formula is C61H90BCl2F2IN10O6Si4. The molecule has 0 amide bonds. The molecule has 0 atom stereocenters. The van der Waals surface area contributed by atoms with E-state index in [1.165, 1.54) is 24.3 Å². The van der Waals surface area contributed by atoms with Crippen molar-refractivity contribution < 1.29 is 37.0 Å². The van der Waals surface area contributed by atoms with Crippen molar-refractivity contribution >= 4 is 135 Å². The molecule has 1 saturated heterocycles. The molecule has 26 heteroatoms. The van der Waals surface area contributed by atoms with Crippen LogP contribution < -0.4 is 15.3 Å². The molecule has 87 heavy (non-hydrogen) atoms. The summed E-state index contributed by atoms with van der Waals surface area (Å²) in [6.45, 7) is 40.6. The number of pyridine rings is 2. The van der Waals surface area contributed by atoms with Crippen LogP contribution in [-0.2, 0) is 28.3 Å². The first-order valence-corrected chi connectivity index (χ1v) is 45.8. The standard InChI is InChI=1S/C27H37ClFN5O2Si2.C18H32ClIN4O2Si2.C15H17BFNO2.CH4/c1-37(2,3)11-9-35-18-33(19-36-10-12-38(4,5)6)26-15-25(28)32-27-23(17-31-34(26)27)21-13-20-14-22(29)7-8-24(20)30-16-21;1-27(2,3)9-7-25-13-23(14-26-8-10-28(4,5)6)17-11-16(19)22-18-15(20)12-21-24(17)18;1-14(2)15(3,4)20-16(19-14)11-7-10-8-12(17)5-6-13(10)18-9-11;/h7-8,13-17H,9-12,18-19H2,1-6H3;11-12H,7-10,13-14H2,1-6H3;5-9H,1-4H3;1H4. The molecule has 0 radical (unpaired) electrons. The zero-order valence-corrected chi connectivity index (χ0v) is 60.6. The Morgan fingerprint density at radius 2 is 0.931 bits per heavy atom. The van der Waals surface area contributed by atoms with Crippen LogP contribution in [0.2, 0.25) is 113 Å². The summed E-state index contributed by atoms with van der Waals surface area (Å²) in [5.74, 6) is 0.981. The highest BCUT2D eigenvalue weighted by atomic mass is 127. The Morgan fingerprint density at radius 3 is 1.37 bits per heavy atom. The molecule has 1 fully saturated rings. The predicted molar refractivity (Wildman–Crippen MR) is 374 cm³/mol. The van der Waals surface area contributed by atoms with Gasteiger partial charge < -0.3 is 38.1 Å². The number of rotatable bonds is 24. The summed E-state index contributed by atoms with van der Waals surface area (Å²) in [5, 5.41) is 11.3. The van der Waals surface area contributed by atoms with Crippen molar-refractivity contribution in [2.75, 3.05) is 63.2 Å². The maximum absolute atomic E-state index is 13.8. The van der Waals surface area contributed by atoms with Crippen LogP contribution in [0.25, 0.3) is 44.2 Å². The van der Waals surface area contributed by atoms with Crippen molar-refractivity contribution in [2.45, 2.75) is 149 Å². The van der Waals surface area contributed by atoms with Gasteiger partial charge in [0, 0.05) is 111 Å². The lowest BCUT2D eigenvalue weighted by molar-refractivity contribution is 0.00578. The molecule has 7 heterocycles. The SMILES string of the molecule is C.CC1(C)OB(c2cnc3ccc(F)cc3c2)OC1(C)C.C[Si](C)(C)CCOCN(COCC[Si](C)(C)C)c1cc(Cl)nc2c(-c3cnc4ccc(F)cc4c3)cnn12.C[Si](C)(C)CCOCN(COCC[Si](C)(C)C)c1cc(Cl)nc2c(I)cnn12. The van der Waals surface area contributed by atoms with Gasteiger partial charge in [-0.25, -0.2) is 18.7 Å². The van der Waals surface area contributed by atoms with Gasteiger partial charge in [-0.15, -0.1) is 0 Å². The molecule has 1 aliphatic heterocycles. The highest BCUT2D eigenvalue weighted by Gasteiger charge is 2.52. The molecule has 474 valence electrons. The molecule has 8 aromatic rings. The number of ether oxygens (including phenoxy) is 4. The van der Waals surface area contributed by atoms with Crippen LogP contribution in [0.3, 0.4) is 0 Å². The Bertz CT molecular complexity index is 3510. The van der Waals surface area contributed by atoms with Crippen molar-refractivity contribution in [2.24, 2.45) is 0 Å². The Kier molecular flexibility index (Phi) is 25.2. The normalized spacial score (nSPS) is 14.3. The van der Waals surface area contributed by atoms with Gasteiger partial charge >= 0.3 is 7.12 Å². The number of aromatic nitrogens is 8. The van der Waals surface area contributed by atoms with E-state index in [0.29, 0.717) is 61.5 Å². The lowest BCUT2D eigenvalue weighted by Crippen LogP contribution is -2.41. The van der Waals surface area contributed by atoms with E-state index < -0.39 is 50.6 Å². The highest BCUT2D eigenvalue weighted by molar-refractivity contribution is 14.1. The third-order valence-electron chi connectivity index (χ3n) is 14.6. The van der Waals surface area contributed by atoms with Crippen molar-refractivity contribution in [3.63, 3.8) is 0 Å². The molecule has 16 nitrogen and oxygen atoms in total. The molecular weight excluding hydrogens is 1330 g/mol. The summed E-state index contributed by atoms with van der Waals surface area (Å²) in [7, 11) is -5.17. The first-order chi connectivity index (χ1) is 40.1. The third-order valence-corrected chi connectivity index (χ3v) is 22.5. The van der Waals surface area contributed by atoms with Crippen LogP contribution in [0.1, 0.15) is 35.1 Å². The minimum Gasteiger partial charge on any atom is -0.399 e. The number of hydrogen-bond donors (Lipinski definition) is 0. The predicted octanol–water partition coefficient (Wildman–Crippen LogP) is 15.9. The maximum Gasteiger partial charge on any atom is 0.496 e. The van der Waals surface area contributed by atoms with Gasteiger partial charge in [-0.2, -0.15) is 19.2 Å². The molecule has 0 saturated carbocycles. The van der Waals surface area contributed by atoms with E-state index in [1.807, 2.05) is 55.7 Å². The van der Waals surface area contributed by atoms with Gasteiger partial charge in [-0.3, -0.25) is 9.97 Å². The lowest BCUT2D eigenvalue weighted by atomic mass is 9.80. The fourth-order valence-corrected chi connectivity index (χ4v) is 12.3. The first-order valence-electron chi connectivity index (χ1n) is 29.2. The maximum atomic E-state index is 13.8. The van der Waals surface area contributed by atoms with Gasteiger partial charge in [0.25, 0.3) is 0 Å².